The minimum absolute atomic E-state index is 0.250. The van der Waals surface area contributed by atoms with E-state index in [-0.39, 0.29) is 6.04 Å². The standard InChI is InChI=1S/C19H25N3/c1-15-7-9-17(10-8-15)19(18-6-3-5-16(2)21-18)22-13-4-11-20-12-14-22/h3,5-10,19-20H,4,11-14H2,1-2H3. The summed E-state index contributed by atoms with van der Waals surface area (Å²) in [6, 6.07) is 15.5. The molecule has 0 radical (unpaired) electrons. The smallest absolute Gasteiger partial charge is 0.0777 e. The average molecular weight is 295 g/mol. The monoisotopic (exact) mass is 295 g/mol. The van der Waals surface area contributed by atoms with Crippen LogP contribution in [-0.4, -0.2) is 36.1 Å². The summed E-state index contributed by atoms with van der Waals surface area (Å²) in [7, 11) is 0. The van der Waals surface area contributed by atoms with Crippen LogP contribution in [0.25, 0.3) is 0 Å². The van der Waals surface area contributed by atoms with Crippen LogP contribution in [0.15, 0.2) is 42.5 Å². The lowest BCUT2D eigenvalue weighted by atomic mass is 9.99. The second-order valence-electron chi connectivity index (χ2n) is 6.16. The summed E-state index contributed by atoms with van der Waals surface area (Å²) < 4.78 is 0. The van der Waals surface area contributed by atoms with E-state index in [2.05, 4.69) is 66.5 Å². The largest absolute Gasteiger partial charge is 0.315 e. The van der Waals surface area contributed by atoms with Gasteiger partial charge in [-0.05, 0) is 44.5 Å². The van der Waals surface area contributed by atoms with Crippen LogP contribution in [0.4, 0.5) is 0 Å². The molecule has 1 aromatic carbocycles. The Hall–Kier alpha value is -1.71. The quantitative estimate of drug-likeness (QED) is 0.943. The summed E-state index contributed by atoms with van der Waals surface area (Å²) in [5.41, 5.74) is 4.89. The van der Waals surface area contributed by atoms with E-state index < -0.39 is 0 Å². The van der Waals surface area contributed by atoms with E-state index in [1.54, 1.807) is 0 Å². The van der Waals surface area contributed by atoms with Crippen molar-refractivity contribution in [2.45, 2.75) is 26.3 Å². The fraction of sp³-hybridized carbons (Fsp3) is 0.421. The van der Waals surface area contributed by atoms with Crippen molar-refractivity contribution in [1.82, 2.24) is 15.2 Å². The van der Waals surface area contributed by atoms with Crippen molar-refractivity contribution >= 4 is 0 Å². The van der Waals surface area contributed by atoms with Crippen molar-refractivity contribution in [3.05, 3.63) is 65.0 Å². The van der Waals surface area contributed by atoms with Gasteiger partial charge in [-0.15, -0.1) is 0 Å². The molecule has 3 nitrogen and oxygen atoms in total. The number of pyridine rings is 1. The molecule has 1 unspecified atom stereocenters. The van der Waals surface area contributed by atoms with Crippen molar-refractivity contribution < 1.29 is 0 Å². The molecule has 0 aliphatic carbocycles. The Labute approximate surface area is 133 Å². The van der Waals surface area contributed by atoms with E-state index in [0.717, 1.165) is 37.6 Å². The fourth-order valence-corrected chi connectivity index (χ4v) is 3.16. The molecule has 0 saturated carbocycles. The van der Waals surface area contributed by atoms with Gasteiger partial charge in [0.05, 0.1) is 11.7 Å². The van der Waals surface area contributed by atoms with Gasteiger partial charge < -0.3 is 5.32 Å². The highest BCUT2D eigenvalue weighted by Gasteiger charge is 2.24. The van der Waals surface area contributed by atoms with Gasteiger partial charge in [0.25, 0.3) is 0 Å². The number of aromatic nitrogens is 1. The van der Waals surface area contributed by atoms with E-state index in [1.165, 1.54) is 17.5 Å². The Bertz CT molecular complexity index is 598. The first-order valence-electron chi connectivity index (χ1n) is 8.19. The summed E-state index contributed by atoms with van der Waals surface area (Å²) in [5, 5.41) is 3.49. The van der Waals surface area contributed by atoms with Gasteiger partial charge in [-0.1, -0.05) is 35.9 Å². The van der Waals surface area contributed by atoms with Crippen LogP contribution in [0.1, 0.15) is 35.0 Å². The zero-order chi connectivity index (χ0) is 15.4. The zero-order valence-electron chi connectivity index (χ0n) is 13.5. The summed E-state index contributed by atoms with van der Waals surface area (Å²) >= 11 is 0. The van der Waals surface area contributed by atoms with Gasteiger partial charge in [-0.2, -0.15) is 0 Å². The number of benzene rings is 1. The zero-order valence-corrected chi connectivity index (χ0v) is 13.5. The molecule has 1 aromatic heterocycles. The Morgan fingerprint density at radius 1 is 1.00 bits per heavy atom. The van der Waals surface area contributed by atoms with Crippen LogP contribution in [0.3, 0.4) is 0 Å². The van der Waals surface area contributed by atoms with Gasteiger partial charge >= 0.3 is 0 Å². The Morgan fingerprint density at radius 3 is 2.59 bits per heavy atom. The van der Waals surface area contributed by atoms with Crippen molar-refractivity contribution in [2.75, 3.05) is 26.2 Å². The second kappa shape index (κ2) is 7.03. The Balaban J connectivity index is 1.99. The fourth-order valence-electron chi connectivity index (χ4n) is 3.16. The predicted octanol–water partition coefficient (Wildman–Crippen LogP) is 3.08. The van der Waals surface area contributed by atoms with Gasteiger partial charge in [0, 0.05) is 25.3 Å². The highest BCUT2D eigenvalue weighted by Crippen LogP contribution is 2.28. The third-order valence-corrected chi connectivity index (χ3v) is 4.32. The number of aryl methyl sites for hydroxylation is 2. The molecule has 1 aliphatic heterocycles. The maximum absolute atomic E-state index is 4.82. The van der Waals surface area contributed by atoms with Crippen molar-refractivity contribution in [2.24, 2.45) is 0 Å². The molecule has 1 atom stereocenters. The molecule has 1 saturated heterocycles. The third kappa shape index (κ3) is 3.54. The Morgan fingerprint density at radius 2 is 1.82 bits per heavy atom. The molecule has 22 heavy (non-hydrogen) atoms. The first-order valence-corrected chi connectivity index (χ1v) is 8.19. The van der Waals surface area contributed by atoms with Crippen molar-refractivity contribution in [1.29, 1.82) is 0 Å². The van der Waals surface area contributed by atoms with Crippen LogP contribution in [0.2, 0.25) is 0 Å². The first kappa shape index (κ1) is 15.2. The number of hydrogen-bond donors (Lipinski definition) is 1. The maximum atomic E-state index is 4.82. The minimum atomic E-state index is 0.250. The summed E-state index contributed by atoms with van der Waals surface area (Å²) in [6.07, 6.45) is 1.19. The van der Waals surface area contributed by atoms with E-state index >= 15 is 0 Å². The molecule has 1 N–H and O–H groups in total. The van der Waals surface area contributed by atoms with Crippen LogP contribution in [0.5, 0.6) is 0 Å². The van der Waals surface area contributed by atoms with E-state index in [9.17, 15) is 0 Å². The van der Waals surface area contributed by atoms with Gasteiger partial charge in [0.2, 0.25) is 0 Å². The number of nitrogens with one attached hydrogen (secondary N) is 1. The van der Waals surface area contributed by atoms with E-state index in [1.807, 2.05) is 0 Å². The average Bonchev–Trinajstić information content (AvgIpc) is 2.79. The van der Waals surface area contributed by atoms with Crippen LogP contribution < -0.4 is 5.32 Å². The lowest BCUT2D eigenvalue weighted by Crippen LogP contribution is -2.33. The van der Waals surface area contributed by atoms with Crippen LogP contribution in [0, 0.1) is 13.8 Å². The topological polar surface area (TPSA) is 28.2 Å². The minimum Gasteiger partial charge on any atom is -0.315 e. The van der Waals surface area contributed by atoms with E-state index in [4.69, 9.17) is 4.98 Å². The Kier molecular flexibility index (Phi) is 4.86. The number of hydrogen-bond acceptors (Lipinski definition) is 3. The molecule has 0 bridgehead atoms. The molecule has 2 aromatic rings. The normalized spacial score (nSPS) is 17.9. The van der Waals surface area contributed by atoms with Crippen LogP contribution >= 0.6 is 0 Å². The molecule has 1 aliphatic rings. The van der Waals surface area contributed by atoms with Crippen molar-refractivity contribution in [3.63, 3.8) is 0 Å². The molecular formula is C19H25N3. The lowest BCUT2D eigenvalue weighted by Gasteiger charge is -2.30. The number of nitrogens with zero attached hydrogens (tertiary/aromatic N) is 2. The molecular weight excluding hydrogens is 270 g/mol. The highest BCUT2D eigenvalue weighted by atomic mass is 15.2. The second-order valence-corrected chi connectivity index (χ2v) is 6.16. The summed E-state index contributed by atoms with van der Waals surface area (Å²) in [6.45, 7) is 8.54. The first-order chi connectivity index (χ1) is 10.7. The molecule has 3 rings (SSSR count). The van der Waals surface area contributed by atoms with Crippen LogP contribution in [-0.2, 0) is 0 Å². The summed E-state index contributed by atoms with van der Waals surface area (Å²) in [5.74, 6) is 0. The highest BCUT2D eigenvalue weighted by molar-refractivity contribution is 5.31. The maximum Gasteiger partial charge on any atom is 0.0777 e. The summed E-state index contributed by atoms with van der Waals surface area (Å²) in [4.78, 5) is 7.38. The van der Waals surface area contributed by atoms with Gasteiger partial charge in [0.15, 0.2) is 0 Å². The molecule has 1 fully saturated rings. The molecule has 116 valence electrons. The van der Waals surface area contributed by atoms with Gasteiger partial charge in [0.1, 0.15) is 0 Å². The van der Waals surface area contributed by atoms with Gasteiger partial charge in [-0.25, -0.2) is 0 Å². The SMILES string of the molecule is Cc1ccc(C(c2cccc(C)n2)N2CCCNCC2)cc1. The van der Waals surface area contributed by atoms with Gasteiger partial charge in [-0.3, -0.25) is 9.88 Å². The predicted molar refractivity (Wildman–Crippen MR) is 91.1 cm³/mol. The molecule has 2 heterocycles. The molecule has 0 spiro atoms. The molecule has 0 amide bonds. The lowest BCUT2D eigenvalue weighted by molar-refractivity contribution is 0.237. The third-order valence-electron chi connectivity index (χ3n) is 4.32. The number of rotatable bonds is 3. The van der Waals surface area contributed by atoms with E-state index in [0.29, 0.717) is 0 Å². The van der Waals surface area contributed by atoms with Crippen molar-refractivity contribution in [3.8, 4) is 0 Å². The molecule has 3 heteroatoms.